The Morgan fingerprint density at radius 1 is 1.14 bits per heavy atom. The zero-order valence-corrected chi connectivity index (χ0v) is 21.2. The van der Waals surface area contributed by atoms with Crippen LogP contribution in [0.3, 0.4) is 0 Å². The number of carbonyl (C=O) groups excluding carboxylic acids is 1. The molecule has 7 heteroatoms. The molecule has 2 heterocycles. The molecule has 0 aromatic heterocycles. The van der Waals surface area contributed by atoms with Crippen molar-refractivity contribution in [2.45, 2.75) is 57.1 Å². The standard InChI is InChI=1S/C29H36N2O5/c1-21(22-9-11-23(12-10-22)24-13-14-26(33)30(19-24)17-18-32)31-16-15-29(36-27(31)34,20-28(2,3)35)25-7-5-4-6-8-25/h4-14,19,21,26,32-33,35H,15-18,20H2,1-3H3. The number of hydrogen-bond donors (Lipinski definition) is 3. The van der Waals surface area contributed by atoms with Crippen LogP contribution in [0, 0.1) is 0 Å². The second-order valence-corrected chi connectivity index (χ2v) is 10.3. The highest BCUT2D eigenvalue weighted by atomic mass is 16.6. The van der Waals surface area contributed by atoms with Crippen LogP contribution in [0.15, 0.2) is 72.9 Å². The van der Waals surface area contributed by atoms with Crippen LogP contribution in [0.2, 0.25) is 0 Å². The lowest BCUT2D eigenvalue weighted by Crippen LogP contribution is -2.51. The Balaban J connectivity index is 1.50. The van der Waals surface area contributed by atoms with Gasteiger partial charge in [-0.2, -0.15) is 0 Å². The highest BCUT2D eigenvalue weighted by Gasteiger charge is 2.46. The van der Waals surface area contributed by atoms with Gasteiger partial charge in [-0.25, -0.2) is 4.79 Å². The molecule has 1 fully saturated rings. The summed E-state index contributed by atoms with van der Waals surface area (Å²) in [6, 6.07) is 17.5. The Labute approximate surface area is 212 Å². The van der Waals surface area contributed by atoms with E-state index in [4.69, 9.17) is 4.74 Å². The van der Waals surface area contributed by atoms with Crippen molar-refractivity contribution in [3.8, 4) is 0 Å². The van der Waals surface area contributed by atoms with Gasteiger partial charge >= 0.3 is 6.09 Å². The molecule has 1 amide bonds. The van der Waals surface area contributed by atoms with Gasteiger partial charge in [0.1, 0.15) is 11.8 Å². The van der Waals surface area contributed by atoms with Crippen molar-refractivity contribution in [1.29, 1.82) is 0 Å². The molecule has 2 aromatic carbocycles. The van der Waals surface area contributed by atoms with Gasteiger partial charge in [0.15, 0.2) is 0 Å². The summed E-state index contributed by atoms with van der Waals surface area (Å²) >= 11 is 0. The van der Waals surface area contributed by atoms with E-state index in [9.17, 15) is 20.1 Å². The minimum Gasteiger partial charge on any atom is -0.438 e. The molecule has 3 unspecified atom stereocenters. The number of cyclic esters (lactones) is 1. The molecule has 2 aliphatic heterocycles. The molecule has 0 saturated carbocycles. The first-order valence-electron chi connectivity index (χ1n) is 12.4. The van der Waals surface area contributed by atoms with E-state index in [-0.39, 0.29) is 12.6 Å². The number of rotatable bonds is 8. The average Bonchev–Trinajstić information content (AvgIpc) is 2.85. The molecule has 0 bridgehead atoms. The Morgan fingerprint density at radius 2 is 1.83 bits per heavy atom. The van der Waals surface area contributed by atoms with Gasteiger partial charge in [-0.15, -0.1) is 0 Å². The summed E-state index contributed by atoms with van der Waals surface area (Å²) in [7, 11) is 0. The van der Waals surface area contributed by atoms with E-state index in [2.05, 4.69) is 0 Å². The first-order chi connectivity index (χ1) is 17.1. The fourth-order valence-corrected chi connectivity index (χ4v) is 5.11. The normalized spacial score (nSPS) is 23.3. The van der Waals surface area contributed by atoms with E-state index >= 15 is 0 Å². The van der Waals surface area contributed by atoms with Gasteiger partial charge in [0, 0.05) is 32.1 Å². The van der Waals surface area contributed by atoms with Crippen LogP contribution < -0.4 is 0 Å². The van der Waals surface area contributed by atoms with Crippen molar-refractivity contribution in [2.24, 2.45) is 0 Å². The lowest BCUT2D eigenvalue weighted by molar-refractivity contribution is -0.101. The fraction of sp³-hybridized carbons (Fsp3) is 0.414. The van der Waals surface area contributed by atoms with Crippen LogP contribution in [0.5, 0.6) is 0 Å². The van der Waals surface area contributed by atoms with Gasteiger partial charge in [0.2, 0.25) is 0 Å². The summed E-state index contributed by atoms with van der Waals surface area (Å²) in [5.74, 6) is 0. The quantitative estimate of drug-likeness (QED) is 0.512. The first-order valence-corrected chi connectivity index (χ1v) is 12.4. The number of aliphatic hydroxyl groups excluding tert-OH is 2. The van der Waals surface area contributed by atoms with Crippen LogP contribution in [-0.4, -0.2) is 62.7 Å². The van der Waals surface area contributed by atoms with E-state index in [0.29, 0.717) is 25.9 Å². The Morgan fingerprint density at radius 3 is 2.44 bits per heavy atom. The highest BCUT2D eigenvalue weighted by molar-refractivity contribution is 5.75. The predicted molar refractivity (Wildman–Crippen MR) is 139 cm³/mol. The monoisotopic (exact) mass is 492 g/mol. The summed E-state index contributed by atoms with van der Waals surface area (Å²) in [6.07, 6.45) is 5.16. The topological polar surface area (TPSA) is 93.5 Å². The van der Waals surface area contributed by atoms with Gasteiger partial charge < -0.3 is 29.9 Å². The average molecular weight is 493 g/mol. The van der Waals surface area contributed by atoms with Crippen LogP contribution in [-0.2, 0) is 10.3 Å². The van der Waals surface area contributed by atoms with Gasteiger partial charge in [-0.1, -0.05) is 60.7 Å². The molecule has 2 aliphatic rings. The second kappa shape index (κ2) is 10.5. The minimum absolute atomic E-state index is 0.0432. The number of nitrogens with zero attached hydrogens (tertiary/aromatic N) is 2. The third-order valence-corrected chi connectivity index (χ3v) is 6.94. The minimum atomic E-state index is -0.995. The second-order valence-electron chi connectivity index (χ2n) is 10.3. The van der Waals surface area contributed by atoms with E-state index in [1.807, 2.05) is 73.8 Å². The van der Waals surface area contributed by atoms with Gasteiger partial charge in [-0.3, -0.25) is 0 Å². The molecule has 0 radical (unpaired) electrons. The number of aliphatic hydroxyl groups is 3. The third-order valence-electron chi connectivity index (χ3n) is 6.94. The number of benzene rings is 2. The van der Waals surface area contributed by atoms with Crippen molar-refractivity contribution in [2.75, 3.05) is 19.7 Å². The number of ether oxygens (including phenoxy) is 1. The molecule has 0 aliphatic carbocycles. The summed E-state index contributed by atoms with van der Waals surface area (Å²) in [6.45, 7) is 6.28. The molecule has 3 atom stereocenters. The van der Waals surface area contributed by atoms with E-state index in [0.717, 1.165) is 22.3 Å². The molecule has 192 valence electrons. The highest BCUT2D eigenvalue weighted by Crippen LogP contribution is 2.42. The van der Waals surface area contributed by atoms with E-state index in [1.165, 1.54) is 0 Å². The Kier molecular flexibility index (Phi) is 7.54. The zero-order chi connectivity index (χ0) is 25.9. The molecule has 7 nitrogen and oxygen atoms in total. The van der Waals surface area contributed by atoms with Crippen LogP contribution in [0.1, 0.15) is 56.3 Å². The summed E-state index contributed by atoms with van der Waals surface area (Å²) < 4.78 is 6.11. The van der Waals surface area contributed by atoms with Crippen molar-refractivity contribution >= 4 is 11.7 Å². The van der Waals surface area contributed by atoms with E-state index in [1.54, 1.807) is 29.7 Å². The first kappa shape index (κ1) is 25.9. The number of carbonyl (C=O) groups is 1. The van der Waals surface area contributed by atoms with Crippen molar-refractivity contribution in [3.05, 3.63) is 89.6 Å². The third kappa shape index (κ3) is 5.64. The zero-order valence-electron chi connectivity index (χ0n) is 21.2. The number of amides is 1. The molecule has 2 aromatic rings. The number of β-amino-alcohol motifs (C(OH)–C–C–N with tert-alkyl or cyclic N) is 1. The number of hydrogen-bond acceptors (Lipinski definition) is 6. The van der Waals surface area contributed by atoms with Crippen molar-refractivity contribution in [1.82, 2.24) is 9.80 Å². The smallest absolute Gasteiger partial charge is 0.411 e. The molecular formula is C29H36N2O5. The maximum Gasteiger partial charge on any atom is 0.411 e. The van der Waals surface area contributed by atoms with Crippen LogP contribution in [0.25, 0.3) is 5.57 Å². The Hall–Kier alpha value is -3.13. The predicted octanol–water partition coefficient (Wildman–Crippen LogP) is 4.17. The molecule has 0 spiro atoms. The summed E-state index contributed by atoms with van der Waals surface area (Å²) in [5, 5.41) is 29.9. The van der Waals surface area contributed by atoms with Gasteiger partial charge in [0.05, 0.1) is 18.2 Å². The van der Waals surface area contributed by atoms with Crippen LogP contribution >= 0.6 is 0 Å². The summed E-state index contributed by atoms with van der Waals surface area (Å²) in [5.41, 5.74) is 1.92. The molecule has 1 saturated heterocycles. The number of allylic oxidation sites excluding steroid dienone is 2. The largest absolute Gasteiger partial charge is 0.438 e. The maximum atomic E-state index is 13.3. The molecule has 4 rings (SSSR count). The molecular weight excluding hydrogens is 456 g/mol. The molecule has 3 N–H and O–H groups in total. The fourth-order valence-electron chi connectivity index (χ4n) is 5.11. The Bertz CT molecular complexity index is 1110. The van der Waals surface area contributed by atoms with Crippen LogP contribution in [0.4, 0.5) is 4.79 Å². The maximum absolute atomic E-state index is 13.3. The lowest BCUT2D eigenvalue weighted by Gasteiger charge is -2.45. The van der Waals surface area contributed by atoms with Crippen molar-refractivity contribution < 1.29 is 24.9 Å². The summed E-state index contributed by atoms with van der Waals surface area (Å²) in [4.78, 5) is 16.7. The van der Waals surface area contributed by atoms with E-state index < -0.39 is 23.5 Å². The molecule has 36 heavy (non-hydrogen) atoms. The van der Waals surface area contributed by atoms with Crippen molar-refractivity contribution in [3.63, 3.8) is 0 Å². The lowest BCUT2D eigenvalue weighted by atomic mass is 9.80. The van der Waals surface area contributed by atoms with Gasteiger partial charge in [-0.05, 0) is 49.1 Å². The SMILES string of the molecule is CC(c1ccc(C2=CN(CCO)C(O)C=C2)cc1)N1CCC(CC(C)(C)O)(c2ccccc2)OC1=O. The van der Waals surface area contributed by atoms with Gasteiger partial charge in [0.25, 0.3) is 0 Å².